The summed E-state index contributed by atoms with van der Waals surface area (Å²) < 4.78 is 9.99. The SMILES string of the molecule is COCc1cccc(NC(=O)c2ccc(N3CCOC3=O)cc2)c1. The Labute approximate surface area is 140 Å². The number of rotatable bonds is 5. The Balaban J connectivity index is 1.69. The van der Waals surface area contributed by atoms with Gasteiger partial charge in [0.05, 0.1) is 13.2 Å². The van der Waals surface area contributed by atoms with E-state index in [1.807, 2.05) is 24.3 Å². The minimum Gasteiger partial charge on any atom is -0.447 e. The fourth-order valence-corrected chi connectivity index (χ4v) is 2.53. The summed E-state index contributed by atoms with van der Waals surface area (Å²) in [6, 6.07) is 14.4. The van der Waals surface area contributed by atoms with E-state index < -0.39 is 0 Å². The van der Waals surface area contributed by atoms with Gasteiger partial charge in [-0.15, -0.1) is 0 Å². The predicted octanol–water partition coefficient (Wildman–Crippen LogP) is 3.04. The van der Waals surface area contributed by atoms with Gasteiger partial charge in [0.2, 0.25) is 0 Å². The molecule has 0 aliphatic carbocycles. The average molecular weight is 326 g/mol. The normalized spacial score (nSPS) is 13.7. The van der Waals surface area contributed by atoms with Crippen LogP contribution in [0.25, 0.3) is 0 Å². The molecule has 1 saturated heterocycles. The van der Waals surface area contributed by atoms with E-state index in [-0.39, 0.29) is 12.0 Å². The zero-order valence-electron chi connectivity index (χ0n) is 13.3. The van der Waals surface area contributed by atoms with Gasteiger partial charge in [-0.3, -0.25) is 9.69 Å². The van der Waals surface area contributed by atoms with E-state index >= 15 is 0 Å². The largest absolute Gasteiger partial charge is 0.447 e. The highest BCUT2D eigenvalue weighted by molar-refractivity contribution is 6.04. The van der Waals surface area contributed by atoms with Crippen molar-refractivity contribution in [3.8, 4) is 0 Å². The van der Waals surface area contributed by atoms with Crippen molar-refractivity contribution in [3.63, 3.8) is 0 Å². The number of hydrogen-bond donors (Lipinski definition) is 1. The van der Waals surface area contributed by atoms with Crippen molar-refractivity contribution in [1.29, 1.82) is 0 Å². The Morgan fingerprint density at radius 3 is 2.71 bits per heavy atom. The molecule has 1 fully saturated rings. The average Bonchev–Trinajstić information content (AvgIpc) is 3.02. The Bertz CT molecular complexity index is 743. The van der Waals surface area contributed by atoms with Crippen molar-refractivity contribution in [1.82, 2.24) is 0 Å². The molecule has 1 N–H and O–H groups in total. The van der Waals surface area contributed by atoms with E-state index in [4.69, 9.17) is 9.47 Å². The van der Waals surface area contributed by atoms with Crippen LogP contribution in [0.15, 0.2) is 48.5 Å². The lowest BCUT2D eigenvalue weighted by molar-refractivity contribution is 0.102. The lowest BCUT2D eigenvalue weighted by Crippen LogP contribution is -2.23. The Morgan fingerprint density at radius 1 is 1.25 bits per heavy atom. The van der Waals surface area contributed by atoms with E-state index in [2.05, 4.69) is 5.32 Å². The van der Waals surface area contributed by atoms with Crippen LogP contribution in [0.2, 0.25) is 0 Å². The maximum Gasteiger partial charge on any atom is 0.414 e. The Hall–Kier alpha value is -2.86. The van der Waals surface area contributed by atoms with Gasteiger partial charge in [0, 0.05) is 24.0 Å². The second-order valence-electron chi connectivity index (χ2n) is 5.40. The van der Waals surface area contributed by atoms with Gasteiger partial charge < -0.3 is 14.8 Å². The van der Waals surface area contributed by atoms with Crippen LogP contribution >= 0.6 is 0 Å². The zero-order chi connectivity index (χ0) is 16.9. The highest BCUT2D eigenvalue weighted by atomic mass is 16.6. The molecule has 2 aromatic rings. The first kappa shape index (κ1) is 16.0. The van der Waals surface area contributed by atoms with Crippen LogP contribution in [0, 0.1) is 0 Å². The first-order valence-electron chi connectivity index (χ1n) is 7.61. The van der Waals surface area contributed by atoms with Crippen molar-refractivity contribution >= 4 is 23.4 Å². The molecule has 0 aromatic heterocycles. The number of carbonyl (C=O) groups is 2. The summed E-state index contributed by atoms with van der Waals surface area (Å²) in [5.41, 5.74) is 2.93. The van der Waals surface area contributed by atoms with Crippen LogP contribution in [0.4, 0.5) is 16.2 Å². The van der Waals surface area contributed by atoms with Crippen LogP contribution in [0.3, 0.4) is 0 Å². The van der Waals surface area contributed by atoms with Crippen molar-refractivity contribution in [2.24, 2.45) is 0 Å². The minimum atomic E-state index is -0.359. The summed E-state index contributed by atoms with van der Waals surface area (Å²) in [6.45, 7) is 1.40. The van der Waals surface area contributed by atoms with Gasteiger partial charge in [0.1, 0.15) is 6.61 Å². The number of benzene rings is 2. The number of methoxy groups -OCH3 is 1. The van der Waals surface area contributed by atoms with E-state index in [0.29, 0.717) is 31.0 Å². The second-order valence-corrected chi connectivity index (χ2v) is 5.40. The van der Waals surface area contributed by atoms with E-state index in [0.717, 1.165) is 11.3 Å². The van der Waals surface area contributed by atoms with E-state index in [9.17, 15) is 9.59 Å². The van der Waals surface area contributed by atoms with Crippen LogP contribution < -0.4 is 10.2 Å². The number of cyclic esters (lactones) is 1. The third-order valence-corrected chi connectivity index (χ3v) is 3.70. The van der Waals surface area contributed by atoms with Crippen molar-refractivity contribution < 1.29 is 19.1 Å². The van der Waals surface area contributed by atoms with Crippen LogP contribution in [-0.2, 0) is 16.1 Å². The molecule has 6 heteroatoms. The monoisotopic (exact) mass is 326 g/mol. The number of ether oxygens (including phenoxy) is 2. The third kappa shape index (κ3) is 3.55. The quantitative estimate of drug-likeness (QED) is 0.917. The summed E-state index contributed by atoms with van der Waals surface area (Å²) in [4.78, 5) is 25.4. The summed E-state index contributed by atoms with van der Waals surface area (Å²) in [6.07, 6.45) is -0.359. The fourth-order valence-electron chi connectivity index (χ4n) is 2.53. The first-order chi connectivity index (χ1) is 11.7. The minimum absolute atomic E-state index is 0.208. The number of anilines is 2. The maximum atomic E-state index is 12.3. The smallest absolute Gasteiger partial charge is 0.414 e. The van der Waals surface area contributed by atoms with Gasteiger partial charge in [-0.1, -0.05) is 12.1 Å². The highest BCUT2D eigenvalue weighted by Gasteiger charge is 2.23. The zero-order valence-corrected chi connectivity index (χ0v) is 13.3. The Kier molecular flexibility index (Phi) is 4.77. The van der Waals surface area contributed by atoms with Crippen LogP contribution in [0.5, 0.6) is 0 Å². The maximum absolute atomic E-state index is 12.3. The van der Waals surface area contributed by atoms with Gasteiger partial charge in [0.25, 0.3) is 5.91 Å². The molecule has 1 aliphatic heterocycles. The number of hydrogen-bond acceptors (Lipinski definition) is 4. The molecule has 0 saturated carbocycles. The van der Waals surface area contributed by atoms with Crippen molar-refractivity contribution in [2.45, 2.75) is 6.61 Å². The van der Waals surface area contributed by atoms with Crippen molar-refractivity contribution in [3.05, 3.63) is 59.7 Å². The van der Waals surface area contributed by atoms with Gasteiger partial charge in [0.15, 0.2) is 0 Å². The van der Waals surface area contributed by atoms with Crippen molar-refractivity contribution in [2.75, 3.05) is 30.5 Å². The molecule has 1 heterocycles. The lowest BCUT2D eigenvalue weighted by atomic mass is 10.1. The summed E-state index contributed by atoms with van der Waals surface area (Å²) in [5, 5.41) is 2.86. The molecule has 0 unspecified atom stereocenters. The molecule has 1 aliphatic rings. The summed E-state index contributed by atoms with van der Waals surface area (Å²) >= 11 is 0. The third-order valence-electron chi connectivity index (χ3n) is 3.70. The first-order valence-corrected chi connectivity index (χ1v) is 7.61. The molecule has 0 bridgehead atoms. The summed E-state index contributed by atoms with van der Waals surface area (Å²) in [7, 11) is 1.63. The molecule has 0 atom stereocenters. The van der Waals surface area contributed by atoms with Gasteiger partial charge >= 0.3 is 6.09 Å². The molecule has 0 spiro atoms. The number of carbonyl (C=O) groups excluding carboxylic acids is 2. The molecule has 2 aromatic carbocycles. The van der Waals surface area contributed by atoms with E-state index in [1.54, 1.807) is 31.4 Å². The second kappa shape index (κ2) is 7.14. The predicted molar refractivity (Wildman–Crippen MR) is 90.2 cm³/mol. The Morgan fingerprint density at radius 2 is 2.04 bits per heavy atom. The van der Waals surface area contributed by atoms with Gasteiger partial charge in [-0.05, 0) is 42.0 Å². The number of nitrogens with one attached hydrogen (secondary N) is 1. The molecule has 0 radical (unpaired) electrons. The molecular formula is C18H18N2O4. The van der Waals surface area contributed by atoms with Gasteiger partial charge in [-0.25, -0.2) is 4.79 Å². The molecule has 6 nitrogen and oxygen atoms in total. The van der Waals surface area contributed by atoms with Crippen LogP contribution in [-0.4, -0.2) is 32.3 Å². The number of nitrogens with zero attached hydrogens (tertiary/aromatic N) is 1. The lowest BCUT2D eigenvalue weighted by Gasteiger charge is -2.13. The topological polar surface area (TPSA) is 67.9 Å². The highest BCUT2D eigenvalue weighted by Crippen LogP contribution is 2.20. The standard InChI is InChI=1S/C18H18N2O4/c1-23-12-13-3-2-4-15(11-13)19-17(21)14-5-7-16(8-6-14)20-9-10-24-18(20)22/h2-8,11H,9-10,12H2,1H3,(H,19,21). The van der Waals surface area contributed by atoms with Gasteiger partial charge in [-0.2, -0.15) is 0 Å². The molecule has 124 valence electrons. The van der Waals surface area contributed by atoms with Crippen LogP contribution in [0.1, 0.15) is 15.9 Å². The summed E-state index contributed by atoms with van der Waals surface area (Å²) in [5.74, 6) is -0.208. The molecule has 3 rings (SSSR count). The van der Waals surface area contributed by atoms with E-state index in [1.165, 1.54) is 4.90 Å². The molecule has 24 heavy (non-hydrogen) atoms. The number of amides is 2. The molecular weight excluding hydrogens is 308 g/mol. The molecule has 2 amide bonds. The fraction of sp³-hybridized carbons (Fsp3) is 0.222.